The van der Waals surface area contributed by atoms with Gasteiger partial charge in [0.25, 0.3) is 0 Å². The molecule has 1 amide bonds. The maximum absolute atomic E-state index is 10.8. The summed E-state index contributed by atoms with van der Waals surface area (Å²) in [6.07, 6.45) is -0.429. The zero-order chi connectivity index (χ0) is 11.1. The standard InChI is InChI=1S/C10H15N3O2/c1-11-13-9-5-3-4-8(6-9)7-12-10(14)15-2/h3-6,11,13H,7H2,1-2H3,(H,12,14). The summed E-state index contributed by atoms with van der Waals surface area (Å²) in [7, 11) is 3.13. The number of methoxy groups -OCH3 is 1. The third kappa shape index (κ3) is 3.86. The number of amides is 1. The number of nitrogens with one attached hydrogen (secondary N) is 3. The van der Waals surface area contributed by atoms with Crippen molar-refractivity contribution >= 4 is 11.8 Å². The third-order valence-electron chi connectivity index (χ3n) is 1.82. The molecule has 15 heavy (non-hydrogen) atoms. The Bertz CT molecular complexity index is 328. The molecule has 0 heterocycles. The SMILES string of the molecule is CNNc1cccc(CNC(=O)OC)c1. The van der Waals surface area contributed by atoms with Crippen LogP contribution in [0.15, 0.2) is 24.3 Å². The van der Waals surface area contributed by atoms with Crippen molar-refractivity contribution in [3.05, 3.63) is 29.8 Å². The predicted molar refractivity (Wildman–Crippen MR) is 58.4 cm³/mol. The van der Waals surface area contributed by atoms with Crippen LogP contribution in [0.4, 0.5) is 10.5 Å². The second kappa shape index (κ2) is 5.87. The molecule has 0 fully saturated rings. The molecule has 1 aromatic carbocycles. The van der Waals surface area contributed by atoms with Crippen LogP contribution >= 0.6 is 0 Å². The number of carbonyl (C=O) groups is 1. The molecule has 0 radical (unpaired) electrons. The van der Waals surface area contributed by atoms with Gasteiger partial charge in [-0.3, -0.25) is 0 Å². The van der Waals surface area contributed by atoms with Crippen molar-refractivity contribution in [3.8, 4) is 0 Å². The van der Waals surface area contributed by atoms with Crippen molar-refractivity contribution in [2.75, 3.05) is 19.6 Å². The lowest BCUT2D eigenvalue weighted by atomic mass is 10.2. The second-order valence-electron chi connectivity index (χ2n) is 2.92. The van der Waals surface area contributed by atoms with Crippen molar-refractivity contribution in [3.63, 3.8) is 0 Å². The largest absolute Gasteiger partial charge is 0.453 e. The zero-order valence-electron chi connectivity index (χ0n) is 8.83. The maximum Gasteiger partial charge on any atom is 0.407 e. The Kier molecular flexibility index (Phi) is 4.43. The zero-order valence-corrected chi connectivity index (χ0v) is 8.83. The second-order valence-corrected chi connectivity index (χ2v) is 2.92. The van der Waals surface area contributed by atoms with E-state index in [-0.39, 0.29) is 0 Å². The van der Waals surface area contributed by atoms with Gasteiger partial charge in [0.15, 0.2) is 0 Å². The van der Waals surface area contributed by atoms with Gasteiger partial charge in [-0.05, 0) is 17.7 Å². The van der Waals surface area contributed by atoms with Crippen LogP contribution in [-0.2, 0) is 11.3 Å². The molecule has 1 aromatic rings. The van der Waals surface area contributed by atoms with Crippen LogP contribution in [0.2, 0.25) is 0 Å². The highest BCUT2D eigenvalue weighted by Gasteiger charge is 1.99. The van der Waals surface area contributed by atoms with Crippen LogP contribution in [0.3, 0.4) is 0 Å². The maximum atomic E-state index is 10.8. The first-order valence-corrected chi connectivity index (χ1v) is 4.59. The molecule has 0 saturated carbocycles. The van der Waals surface area contributed by atoms with Crippen molar-refractivity contribution in [1.82, 2.24) is 10.7 Å². The first kappa shape index (κ1) is 11.3. The van der Waals surface area contributed by atoms with Crippen molar-refractivity contribution in [2.45, 2.75) is 6.54 Å². The Hall–Kier alpha value is -1.75. The van der Waals surface area contributed by atoms with Gasteiger partial charge in [0.05, 0.1) is 7.11 Å². The van der Waals surface area contributed by atoms with Gasteiger partial charge in [0.1, 0.15) is 0 Å². The van der Waals surface area contributed by atoms with E-state index in [9.17, 15) is 4.79 Å². The van der Waals surface area contributed by atoms with Gasteiger partial charge in [-0.15, -0.1) is 0 Å². The highest BCUT2D eigenvalue weighted by Crippen LogP contribution is 2.09. The number of rotatable bonds is 4. The highest BCUT2D eigenvalue weighted by atomic mass is 16.5. The Morgan fingerprint density at radius 2 is 2.27 bits per heavy atom. The van der Waals surface area contributed by atoms with Gasteiger partial charge in [-0.25, -0.2) is 10.2 Å². The molecule has 0 aliphatic heterocycles. The van der Waals surface area contributed by atoms with Gasteiger partial charge in [-0.1, -0.05) is 12.1 Å². The lowest BCUT2D eigenvalue weighted by Gasteiger charge is -2.07. The van der Waals surface area contributed by atoms with Crippen LogP contribution in [0.25, 0.3) is 0 Å². The number of alkyl carbamates (subject to hydrolysis) is 1. The third-order valence-corrected chi connectivity index (χ3v) is 1.82. The Morgan fingerprint density at radius 3 is 2.93 bits per heavy atom. The summed E-state index contributed by atoms with van der Waals surface area (Å²) >= 11 is 0. The van der Waals surface area contributed by atoms with E-state index in [1.807, 2.05) is 24.3 Å². The minimum atomic E-state index is -0.429. The molecular weight excluding hydrogens is 194 g/mol. The van der Waals surface area contributed by atoms with Crippen molar-refractivity contribution < 1.29 is 9.53 Å². The first-order chi connectivity index (χ1) is 7.26. The van der Waals surface area contributed by atoms with E-state index in [1.165, 1.54) is 7.11 Å². The highest BCUT2D eigenvalue weighted by molar-refractivity contribution is 5.67. The van der Waals surface area contributed by atoms with Gasteiger partial charge >= 0.3 is 6.09 Å². The fourth-order valence-electron chi connectivity index (χ4n) is 1.15. The fraction of sp³-hybridized carbons (Fsp3) is 0.300. The molecule has 0 aliphatic carbocycles. The topological polar surface area (TPSA) is 62.4 Å². The summed E-state index contributed by atoms with van der Waals surface area (Å²) in [6.45, 7) is 0.450. The van der Waals surface area contributed by atoms with Gasteiger partial charge in [0, 0.05) is 19.3 Å². The molecule has 0 unspecified atom stereocenters. The predicted octanol–water partition coefficient (Wildman–Crippen LogP) is 1.09. The summed E-state index contributed by atoms with van der Waals surface area (Å²) in [5.41, 5.74) is 7.73. The number of anilines is 1. The summed E-state index contributed by atoms with van der Waals surface area (Å²) in [6, 6.07) is 7.70. The van der Waals surface area contributed by atoms with Crippen molar-refractivity contribution in [2.24, 2.45) is 0 Å². The molecule has 0 bridgehead atoms. The number of ether oxygens (including phenoxy) is 1. The minimum absolute atomic E-state index is 0.429. The molecule has 0 spiro atoms. The smallest absolute Gasteiger partial charge is 0.407 e. The summed E-state index contributed by atoms with van der Waals surface area (Å²) in [5, 5.41) is 2.61. The first-order valence-electron chi connectivity index (χ1n) is 4.59. The van der Waals surface area contributed by atoms with Crippen molar-refractivity contribution in [1.29, 1.82) is 0 Å². The van der Waals surface area contributed by atoms with Crippen LogP contribution in [0, 0.1) is 0 Å². The van der Waals surface area contributed by atoms with Crippen LogP contribution < -0.4 is 16.2 Å². The van der Waals surface area contributed by atoms with E-state index in [4.69, 9.17) is 0 Å². The Morgan fingerprint density at radius 1 is 1.47 bits per heavy atom. The lowest BCUT2D eigenvalue weighted by molar-refractivity contribution is 0.170. The lowest BCUT2D eigenvalue weighted by Crippen LogP contribution is -2.22. The molecule has 5 nitrogen and oxygen atoms in total. The number of hydrazine groups is 1. The average Bonchev–Trinajstić information content (AvgIpc) is 2.27. The molecule has 82 valence electrons. The van der Waals surface area contributed by atoms with E-state index in [1.54, 1.807) is 7.05 Å². The van der Waals surface area contributed by atoms with E-state index < -0.39 is 6.09 Å². The van der Waals surface area contributed by atoms with Crippen LogP contribution in [-0.4, -0.2) is 20.3 Å². The molecule has 5 heteroatoms. The van der Waals surface area contributed by atoms with Gasteiger partial charge < -0.3 is 15.5 Å². The monoisotopic (exact) mass is 209 g/mol. The molecular formula is C10H15N3O2. The number of hydrogen-bond donors (Lipinski definition) is 3. The normalized spacial score (nSPS) is 9.47. The van der Waals surface area contributed by atoms with E-state index in [0.717, 1.165) is 11.3 Å². The summed E-state index contributed by atoms with van der Waals surface area (Å²) in [4.78, 5) is 10.8. The van der Waals surface area contributed by atoms with Gasteiger partial charge in [-0.2, -0.15) is 0 Å². The Balaban J connectivity index is 2.53. The van der Waals surface area contributed by atoms with Crippen LogP contribution in [0.1, 0.15) is 5.56 Å². The van der Waals surface area contributed by atoms with Crippen LogP contribution in [0.5, 0.6) is 0 Å². The quantitative estimate of drug-likeness (QED) is 0.649. The fourth-order valence-corrected chi connectivity index (χ4v) is 1.15. The molecule has 1 rings (SSSR count). The Labute approximate surface area is 88.8 Å². The summed E-state index contributed by atoms with van der Waals surface area (Å²) in [5.74, 6) is 0. The van der Waals surface area contributed by atoms with E-state index in [0.29, 0.717) is 6.54 Å². The molecule has 0 aliphatic rings. The van der Waals surface area contributed by atoms with Gasteiger partial charge in [0.2, 0.25) is 0 Å². The number of hydrogen-bond acceptors (Lipinski definition) is 4. The minimum Gasteiger partial charge on any atom is -0.453 e. The summed E-state index contributed by atoms with van der Waals surface area (Å²) < 4.78 is 4.47. The molecule has 0 aromatic heterocycles. The van der Waals surface area contributed by atoms with E-state index in [2.05, 4.69) is 20.9 Å². The molecule has 3 N–H and O–H groups in total. The molecule has 0 saturated heterocycles. The number of benzene rings is 1. The average molecular weight is 209 g/mol. The van der Waals surface area contributed by atoms with E-state index >= 15 is 0 Å². The molecule has 0 atom stereocenters. The number of carbonyl (C=O) groups excluding carboxylic acids is 1.